The van der Waals surface area contributed by atoms with Gasteiger partial charge in [0.2, 0.25) is 0 Å². The Labute approximate surface area is 110 Å². The van der Waals surface area contributed by atoms with E-state index in [1.807, 2.05) is 0 Å². The molecule has 0 bridgehead atoms. The number of ether oxygens (including phenoxy) is 2. The van der Waals surface area contributed by atoms with Crippen LogP contribution in [0.25, 0.3) is 0 Å². The summed E-state index contributed by atoms with van der Waals surface area (Å²) in [4.78, 5) is 35.9. The third kappa shape index (κ3) is 2.50. The molecule has 2 aliphatic rings. The van der Waals surface area contributed by atoms with Gasteiger partial charge in [0.15, 0.2) is 0 Å². The molecule has 106 valence electrons. The van der Waals surface area contributed by atoms with Crippen molar-refractivity contribution in [1.82, 2.24) is 4.90 Å². The SMILES string of the molecule is CC(C)(C)OC(=O)N1C[C@@H]2C(=O)OC[C@@H]2[C@H]1C(=O)O. The van der Waals surface area contributed by atoms with E-state index < -0.39 is 41.5 Å². The largest absolute Gasteiger partial charge is 0.480 e. The van der Waals surface area contributed by atoms with Gasteiger partial charge in [-0.05, 0) is 20.8 Å². The Bertz CT molecular complexity index is 426. The van der Waals surface area contributed by atoms with Crippen molar-refractivity contribution in [1.29, 1.82) is 0 Å². The molecule has 0 aliphatic carbocycles. The summed E-state index contributed by atoms with van der Waals surface area (Å²) in [5, 5.41) is 9.25. The Morgan fingerprint density at radius 3 is 2.58 bits per heavy atom. The van der Waals surface area contributed by atoms with E-state index in [2.05, 4.69) is 0 Å². The zero-order valence-corrected chi connectivity index (χ0v) is 11.1. The zero-order valence-electron chi connectivity index (χ0n) is 11.1. The minimum Gasteiger partial charge on any atom is -0.480 e. The Balaban J connectivity index is 2.18. The first-order chi connectivity index (χ1) is 8.70. The third-order valence-electron chi connectivity index (χ3n) is 3.25. The highest BCUT2D eigenvalue weighted by Gasteiger charge is 2.55. The average molecular weight is 271 g/mol. The van der Waals surface area contributed by atoms with E-state index in [9.17, 15) is 19.5 Å². The molecule has 0 aromatic rings. The monoisotopic (exact) mass is 271 g/mol. The fourth-order valence-corrected chi connectivity index (χ4v) is 2.48. The number of rotatable bonds is 1. The van der Waals surface area contributed by atoms with Crippen LogP contribution in [-0.2, 0) is 19.1 Å². The Morgan fingerprint density at radius 2 is 2.05 bits per heavy atom. The molecule has 0 radical (unpaired) electrons. The number of fused-ring (bicyclic) bond motifs is 1. The van der Waals surface area contributed by atoms with Gasteiger partial charge in [0.1, 0.15) is 11.6 Å². The van der Waals surface area contributed by atoms with Gasteiger partial charge in [0.05, 0.1) is 12.5 Å². The van der Waals surface area contributed by atoms with Gasteiger partial charge in [-0.1, -0.05) is 0 Å². The predicted octanol–water partition coefficient (Wildman–Crippen LogP) is 0.479. The molecule has 3 atom stereocenters. The summed E-state index contributed by atoms with van der Waals surface area (Å²) in [6.07, 6.45) is -0.706. The van der Waals surface area contributed by atoms with Crippen molar-refractivity contribution in [3.8, 4) is 0 Å². The Morgan fingerprint density at radius 1 is 1.42 bits per heavy atom. The van der Waals surface area contributed by atoms with Crippen LogP contribution in [0.5, 0.6) is 0 Å². The molecule has 2 rings (SSSR count). The van der Waals surface area contributed by atoms with E-state index >= 15 is 0 Å². The first-order valence-electron chi connectivity index (χ1n) is 6.10. The number of carboxylic acid groups (broad SMARTS) is 1. The minimum absolute atomic E-state index is 0.0371. The molecule has 2 heterocycles. The number of esters is 1. The smallest absolute Gasteiger partial charge is 0.411 e. The van der Waals surface area contributed by atoms with Crippen molar-refractivity contribution in [2.75, 3.05) is 13.2 Å². The van der Waals surface area contributed by atoms with Crippen LogP contribution in [-0.4, -0.2) is 52.8 Å². The van der Waals surface area contributed by atoms with Gasteiger partial charge in [-0.2, -0.15) is 0 Å². The number of amides is 1. The molecule has 2 saturated heterocycles. The zero-order chi connectivity index (χ0) is 14.4. The van der Waals surface area contributed by atoms with Gasteiger partial charge in [-0.25, -0.2) is 9.59 Å². The topological polar surface area (TPSA) is 93.1 Å². The van der Waals surface area contributed by atoms with Gasteiger partial charge in [0, 0.05) is 12.5 Å². The first kappa shape index (κ1) is 13.6. The number of hydrogen-bond acceptors (Lipinski definition) is 5. The summed E-state index contributed by atoms with van der Waals surface area (Å²) < 4.78 is 10.0. The number of likely N-dealkylation sites (tertiary alicyclic amines) is 1. The fraction of sp³-hybridized carbons (Fsp3) is 0.750. The quantitative estimate of drug-likeness (QED) is 0.697. The molecule has 7 nitrogen and oxygen atoms in total. The summed E-state index contributed by atoms with van der Waals surface area (Å²) in [6, 6.07) is -1.06. The summed E-state index contributed by atoms with van der Waals surface area (Å²) in [6.45, 7) is 5.18. The maximum absolute atomic E-state index is 12.0. The van der Waals surface area contributed by atoms with Gasteiger partial charge in [-0.3, -0.25) is 9.69 Å². The van der Waals surface area contributed by atoms with Crippen molar-refractivity contribution < 1.29 is 29.0 Å². The lowest BCUT2D eigenvalue weighted by atomic mass is 9.94. The van der Waals surface area contributed by atoms with Gasteiger partial charge < -0.3 is 14.6 Å². The molecule has 1 N–H and O–H groups in total. The predicted molar refractivity (Wildman–Crippen MR) is 62.3 cm³/mol. The van der Waals surface area contributed by atoms with E-state index in [1.165, 1.54) is 0 Å². The van der Waals surface area contributed by atoms with Crippen molar-refractivity contribution in [2.24, 2.45) is 11.8 Å². The Kier molecular flexibility index (Phi) is 3.15. The molecule has 2 fully saturated rings. The number of cyclic esters (lactones) is 1. The van der Waals surface area contributed by atoms with Crippen molar-refractivity contribution in [2.45, 2.75) is 32.4 Å². The number of nitrogens with zero attached hydrogens (tertiary/aromatic N) is 1. The standard InChI is InChI=1S/C12H17NO6/c1-12(2,3)19-11(17)13-4-6-7(5-18-10(6)16)8(13)9(14)15/h6-8H,4-5H2,1-3H3,(H,14,15)/t6-,7-,8-/m0/s1. The number of carbonyl (C=O) groups excluding carboxylic acids is 2. The maximum atomic E-state index is 12.0. The molecule has 7 heteroatoms. The molecule has 0 aromatic carbocycles. The van der Waals surface area contributed by atoms with Gasteiger partial charge in [0.25, 0.3) is 0 Å². The van der Waals surface area contributed by atoms with Crippen molar-refractivity contribution >= 4 is 18.0 Å². The third-order valence-corrected chi connectivity index (χ3v) is 3.25. The lowest BCUT2D eigenvalue weighted by molar-refractivity contribution is -0.145. The van der Waals surface area contributed by atoms with E-state index in [0.29, 0.717) is 0 Å². The molecule has 0 saturated carbocycles. The normalized spacial score (nSPS) is 29.9. The lowest BCUT2D eigenvalue weighted by Gasteiger charge is -2.28. The highest BCUT2D eigenvalue weighted by molar-refractivity contribution is 5.86. The van der Waals surface area contributed by atoms with E-state index in [-0.39, 0.29) is 13.2 Å². The van der Waals surface area contributed by atoms with Gasteiger partial charge >= 0.3 is 18.0 Å². The Hall–Kier alpha value is -1.79. The van der Waals surface area contributed by atoms with Crippen molar-refractivity contribution in [3.05, 3.63) is 0 Å². The fourth-order valence-electron chi connectivity index (χ4n) is 2.48. The summed E-state index contributed by atoms with van der Waals surface area (Å²) in [7, 11) is 0. The average Bonchev–Trinajstić information content (AvgIpc) is 2.76. The van der Waals surface area contributed by atoms with Crippen LogP contribution in [0.3, 0.4) is 0 Å². The highest BCUT2D eigenvalue weighted by atomic mass is 16.6. The van der Waals surface area contributed by atoms with Crippen LogP contribution in [0.4, 0.5) is 4.79 Å². The van der Waals surface area contributed by atoms with Crippen LogP contribution in [0.2, 0.25) is 0 Å². The number of aliphatic carboxylic acids is 1. The second-order valence-electron chi connectivity index (χ2n) is 5.82. The van der Waals surface area contributed by atoms with Gasteiger partial charge in [-0.15, -0.1) is 0 Å². The second-order valence-corrected chi connectivity index (χ2v) is 5.82. The molecule has 19 heavy (non-hydrogen) atoms. The molecule has 1 amide bonds. The maximum Gasteiger partial charge on any atom is 0.411 e. The molecular formula is C12H17NO6. The van der Waals surface area contributed by atoms with Crippen LogP contribution in [0.15, 0.2) is 0 Å². The second kappa shape index (κ2) is 4.40. The van der Waals surface area contributed by atoms with Crippen LogP contribution >= 0.6 is 0 Å². The van der Waals surface area contributed by atoms with E-state index in [4.69, 9.17) is 9.47 Å². The summed E-state index contributed by atoms with van der Waals surface area (Å²) in [5.41, 5.74) is -0.710. The number of carboxylic acids is 1. The molecule has 2 aliphatic heterocycles. The van der Waals surface area contributed by atoms with E-state index in [0.717, 1.165) is 4.90 Å². The van der Waals surface area contributed by atoms with E-state index in [1.54, 1.807) is 20.8 Å². The molecular weight excluding hydrogens is 254 g/mol. The minimum atomic E-state index is -1.14. The van der Waals surface area contributed by atoms with Crippen LogP contribution < -0.4 is 0 Å². The molecule has 0 spiro atoms. The summed E-state index contributed by atoms with van der Waals surface area (Å²) in [5.74, 6) is -2.63. The molecule has 0 aromatic heterocycles. The number of carbonyl (C=O) groups is 3. The molecule has 0 unspecified atom stereocenters. The highest BCUT2D eigenvalue weighted by Crippen LogP contribution is 2.36. The summed E-state index contributed by atoms with van der Waals surface area (Å²) >= 11 is 0. The first-order valence-corrected chi connectivity index (χ1v) is 6.10. The number of hydrogen-bond donors (Lipinski definition) is 1. The lowest BCUT2D eigenvalue weighted by Crippen LogP contribution is -2.46. The van der Waals surface area contributed by atoms with Crippen LogP contribution in [0, 0.1) is 11.8 Å². The van der Waals surface area contributed by atoms with Crippen molar-refractivity contribution in [3.63, 3.8) is 0 Å². The van der Waals surface area contributed by atoms with Crippen LogP contribution in [0.1, 0.15) is 20.8 Å².